The Morgan fingerprint density at radius 3 is 2.42 bits per heavy atom. The van der Waals surface area contributed by atoms with Crippen LogP contribution < -0.4 is 20.5 Å². The van der Waals surface area contributed by atoms with Crippen LogP contribution in [0.5, 0.6) is 17.4 Å². The van der Waals surface area contributed by atoms with E-state index in [0.717, 1.165) is 12.2 Å². The van der Waals surface area contributed by atoms with Crippen molar-refractivity contribution in [3.8, 4) is 17.4 Å². The zero-order valence-electron chi connectivity index (χ0n) is 14.2. The largest absolute Gasteiger partial charge is 0.497 e. The summed E-state index contributed by atoms with van der Waals surface area (Å²) in [4.78, 5) is 16.2. The first-order valence-electron chi connectivity index (χ1n) is 7.88. The second-order valence-corrected chi connectivity index (χ2v) is 5.56. The smallest absolute Gasteiger partial charge is 0.241 e. The molecule has 24 heavy (non-hydrogen) atoms. The number of nitrogens with two attached hydrogens (primary N) is 1. The fraction of sp³-hybridized carbons (Fsp3) is 0.333. The lowest BCUT2D eigenvalue weighted by atomic mass is 9.99. The van der Waals surface area contributed by atoms with Crippen molar-refractivity contribution in [2.75, 3.05) is 12.4 Å². The Balaban J connectivity index is 1.96. The number of pyridine rings is 1. The highest BCUT2D eigenvalue weighted by Gasteiger charge is 2.19. The Hall–Kier alpha value is -2.60. The zero-order valence-corrected chi connectivity index (χ0v) is 14.2. The van der Waals surface area contributed by atoms with Gasteiger partial charge in [0.05, 0.1) is 25.0 Å². The Morgan fingerprint density at radius 2 is 1.88 bits per heavy atom. The Bertz CT molecular complexity index is 656. The summed E-state index contributed by atoms with van der Waals surface area (Å²) in [6, 6.07) is 10.1. The number of hydrogen-bond donors (Lipinski definition) is 2. The van der Waals surface area contributed by atoms with Gasteiger partial charge in [-0.05, 0) is 36.2 Å². The number of ether oxygens (including phenoxy) is 2. The topological polar surface area (TPSA) is 86.5 Å². The minimum atomic E-state index is -0.537. The molecule has 128 valence electrons. The van der Waals surface area contributed by atoms with Crippen molar-refractivity contribution in [1.29, 1.82) is 0 Å². The molecule has 0 bridgehead atoms. The van der Waals surface area contributed by atoms with Gasteiger partial charge in [0.2, 0.25) is 11.8 Å². The number of aromatic nitrogens is 1. The van der Waals surface area contributed by atoms with Crippen LogP contribution in [0.1, 0.15) is 20.3 Å². The van der Waals surface area contributed by atoms with E-state index >= 15 is 0 Å². The van der Waals surface area contributed by atoms with E-state index in [4.69, 9.17) is 15.2 Å². The van der Waals surface area contributed by atoms with Crippen LogP contribution in [0.25, 0.3) is 0 Å². The molecule has 2 unspecified atom stereocenters. The molecule has 0 radical (unpaired) electrons. The van der Waals surface area contributed by atoms with Gasteiger partial charge in [-0.25, -0.2) is 4.98 Å². The number of amides is 1. The molecule has 1 amide bonds. The van der Waals surface area contributed by atoms with Crippen LogP contribution >= 0.6 is 0 Å². The fourth-order valence-corrected chi connectivity index (χ4v) is 2.02. The summed E-state index contributed by atoms with van der Waals surface area (Å²) in [5.74, 6) is 1.75. The lowest BCUT2D eigenvalue weighted by molar-refractivity contribution is -0.118. The van der Waals surface area contributed by atoms with E-state index < -0.39 is 6.04 Å². The predicted octanol–water partition coefficient (Wildman–Crippen LogP) is 3.19. The molecular weight excluding hydrogens is 306 g/mol. The van der Waals surface area contributed by atoms with Crippen molar-refractivity contribution in [1.82, 2.24) is 4.98 Å². The molecule has 6 nitrogen and oxygen atoms in total. The van der Waals surface area contributed by atoms with E-state index in [1.807, 2.05) is 13.8 Å². The highest BCUT2D eigenvalue weighted by molar-refractivity contribution is 5.94. The summed E-state index contributed by atoms with van der Waals surface area (Å²) in [7, 11) is 1.61. The lowest BCUT2D eigenvalue weighted by Gasteiger charge is -2.17. The molecule has 3 N–H and O–H groups in total. The molecule has 2 aromatic rings. The third kappa shape index (κ3) is 4.70. The first-order chi connectivity index (χ1) is 11.5. The van der Waals surface area contributed by atoms with Crippen LogP contribution in [0.3, 0.4) is 0 Å². The number of rotatable bonds is 7. The molecule has 0 spiro atoms. The summed E-state index contributed by atoms with van der Waals surface area (Å²) in [6.07, 6.45) is 2.39. The van der Waals surface area contributed by atoms with Gasteiger partial charge in [-0.15, -0.1) is 0 Å². The molecule has 0 aliphatic rings. The van der Waals surface area contributed by atoms with Crippen molar-refractivity contribution >= 4 is 11.6 Å². The van der Waals surface area contributed by atoms with Crippen LogP contribution in [0.2, 0.25) is 0 Å². The number of benzene rings is 1. The molecule has 6 heteroatoms. The van der Waals surface area contributed by atoms with E-state index in [1.54, 1.807) is 49.7 Å². The summed E-state index contributed by atoms with van der Waals surface area (Å²) < 4.78 is 10.7. The second-order valence-electron chi connectivity index (χ2n) is 5.56. The third-order valence-corrected chi connectivity index (χ3v) is 3.85. The SMILES string of the molecule is CCC(C)C(N)C(=O)Nc1ccc(Oc2ccc(OC)cc2)nc1. The van der Waals surface area contributed by atoms with Crippen LogP contribution in [-0.4, -0.2) is 24.0 Å². The Labute approximate surface area is 142 Å². The molecule has 1 aromatic heterocycles. The van der Waals surface area contributed by atoms with E-state index in [1.165, 1.54) is 0 Å². The molecular formula is C18H23N3O3. The summed E-state index contributed by atoms with van der Waals surface area (Å²) in [6.45, 7) is 3.96. The van der Waals surface area contributed by atoms with Gasteiger partial charge in [0.1, 0.15) is 11.5 Å². The van der Waals surface area contributed by atoms with Gasteiger partial charge in [0.15, 0.2) is 0 Å². The average Bonchev–Trinajstić information content (AvgIpc) is 2.62. The van der Waals surface area contributed by atoms with Gasteiger partial charge in [0.25, 0.3) is 0 Å². The summed E-state index contributed by atoms with van der Waals surface area (Å²) >= 11 is 0. The lowest BCUT2D eigenvalue weighted by Crippen LogP contribution is -2.40. The van der Waals surface area contributed by atoms with Gasteiger partial charge in [-0.2, -0.15) is 0 Å². The summed E-state index contributed by atoms with van der Waals surface area (Å²) in [5, 5.41) is 2.76. The van der Waals surface area contributed by atoms with Gasteiger partial charge in [0, 0.05) is 6.07 Å². The van der Waals surface area contributed by atoms with Crippen molar-refractivity contribution in [3.05, 3.63) is 42.6 Å². The number of methoxy groups -OCH3 is 1. The van der Waals surface area contributed by atoms with Crippen LogP contribution in [0, 0.1) is 5.92 Å². The predicted molar refractivity (Wildman–Crippen MR) is 93.4 cm³/mol. The maximum absolute atomic E-state index is 12.0. The number of nitrogens with one attached hydrogen (secondary N) is 1. The third-order valence-electron chi connectivity index (χ3n) is 3.85. The Morgan fingerprint density at radius 1 is 1.21 bits per heavy atom. The molecule has 2 atom stereocenters. The van der Waals surface area contributed by atoms with Gasteiger partial charge in [-0.1, -0.05) is 20.3 Å². The van der Waals surface area contributed by atoms with Crippen LogP contribution in [-0.2, 0) is 4.79 Å². The maximum atomic E-state index is 12.0. The molecule has 0 fully saturated rings. The van der Waals surface area contributed by atoms with Gasteiger partial charge >= 0.3 is 0 Å². The number of carbonyl (C=O) groups excluding carboxylic acids is 1. The molecule has 1 aromatic carbocycles. The molecule has 1 heterocycles. The van der Waals surface area contributed by atoms with E-state index in [9.17, 15) is 4.79 Å². The zero-order chi connectivity index (χ0) is 17.5. The number of carbonyl (C=O) groups is 1. The molecule has 0 saturated heterocycles. The van der Waals surface area contributed by atoms with Crippen LogP contribution in [0.4, 0.5) is 5.69 Å². The standard InChI is InChI=1S/C18H23N3O3/c1-4-12(2)17(19)18(22)21-13-5-10-16(20-11-13)24-15-8-6-14(23-3)7-9-15/h5-12,17H,4,19H2,1-3H3,(H,21,22). The highest BCUT2D eigenvalue weighted by atomic mass is 16.5. The molecule has 2 rings (SSSR count). The number of nitrogens with zero attached hydrogens (tertiary/aromatic N) is 1. The van der Waals surface area contributed by atoms with Crippen molar-refractivity contribution < 1.29 is 14.3 Å². The van der Waals surface area contributed by atoms with Crippen LogP contribution in [0.15, 0.2) is 42.6 Å². The average molecular weight is 329 g/mol. The second kappa shape index (κ2) is 8.31. The quantitative estimate of drug-likeness (QED) is 0.814. The molecule has 0 aliphatic heterocycles. The normalized spacial score (nSPS) is 13.0. The minimum Gasteiger partial charge on any atom is -0.497 e. The van der Waals surface area contributed by atoms with E-state index in [2.05, 4.69) is 10.3 Å². The highest BCUT2D eigenvalue weighted by Crippen LogP contribution is 2.23. The van der Waals surface area contributed by atoms with Crippen molar-refractivity contribution in [2.45, 2.75) is 26.3 Å². The maximum Gasteiger partial charge on any atom is 0.241 e. The molecule has 0 saturated carbocycles. The van der Waals surface area contributed by atoms with E-state index in [0.29, 0.717) is 17.3 Å². The first kappa shape index (κ1) is 17.7. The van der Waals surface area contributed by atoms with Crippen molar-refractivity contribution in [3.63, 3.8) is 0 Å². The summed E-state index contributed by atoms with van der Waals surface area (Å²) in [5.41, 5.74) is 6.49. The number of hydrogen-bond acceptors (Lipinski definition) is 5. The molecule has 0 aliphatic carbocycles. The first-order valence-corrected chi connectivity index (χ1v) is 7.88. The Kier molecular flexibility index (Phi) is 6.14. The fourth-order valence-electron chi connectivity index (χ4n) is 2.02. The minimum absolute atomic E-state index is 0.121. The number of anilines is 1. The van der Waals surface area contributed by atoms with Crippen molar-refractivity contribution in [2.24, 2.45) is 11.7 Å². The van der Waals surface area contributed by atoms with E-state index in [-0.39, 0.29) is 11.8 Å². The van der Waals surface area contributed by atoms with Gasteiger partial charge in [-0.3, -0.25) is 4.79 Å². The van der Waals surface area contributed by atoms with Gasteiger partial charge < -0.3 is 20.5 Å². The monoisotopic (exact) mass is 329 g/mol.